The normalized spacial score (nSPS) is 11.0. The molecule has 0 saturated carbocycles. The number of rotatable bonds is 3. The molecule has 0 atom stereocenters. The number of aromatic amines is 1. The third-order valence-corrected chi connectivity index (χ3v) is 4.56. The van der Waals surface area contributed by atoms with Crippen molar-refractivity contribution in [1.82, 2.24) is 19.9 Å². The van der Waals surface area contributed by atoms with Crippen molar-refractivity contribution in [3.8, 4) is 11.3 Å². The molecule has 6 heteroatoms. The summed E-state index contributed by atoms with van der Waals surface area (Å²) in [5.74, 6) is 0.172. The Morgan fingerprint density at radius 3 is 2.43 bits per heavy atom. The van der Waals surface area contributed by atoms with E-state index in [0.717, 1.165) is 33.2 Å². The van der Waals surface area contributed by atoms with Crippen molar-refractivity contribution >= 4 is 33.8 Å². The summed E-state index contributed by atoms with van der Waals surface area (Å²) in [4.78, 5) is 29.4. The van der Waals surface area contributed by atoms with E-state index in [9.17, 15) is 4.79 Å². The lowest BCUT2D eigenvalue weighted by Gasteiger charge is -2.09. The number of fused-ring (bicyclic) bond motifs is 2. The van der Waals surface area contributed by atoms with Crippen LogP contribution in [0.3, 0.4) is 0 Å². The Labute approximate surface area is 160 Å². The van der Waals surface area contributed by atoms with Gasteiger partial charge in [0.2, 0.25) is 5.95 Å². The largest absolute Gasteiger partial charge is 0.324 e. The van der Waals surface area contributed by atoms with Crippen LogP contribution in [0.25, 0.3) is 33.2 Å². The van der Waals surface area contributed by atoms with Gasteiger partial charge in [0.15, 0.2) is 0 Å². The number of nitrogens with one attached hydrogen (secondary N) is 2. The first-order valence-electron chi connectivity index (χ1n) is 8.84. The van der Waals surface area contributed by atoms with Gasteiger partial charge >= 0.3 is 0 Å². The van der Waals surface area contributed by atoms with Crippen LogP contribution >= 0.6 is 0 Å². The topological polar surface area (TPSA) is 83.6 Å². The van der Waals surface area contributed by atoms with Gasteiger partial charge in [0.25, 0.3) is 5.91 Å². The molecule has 0 saturated heterocycles. The molecule has 0 aliphatic rings. The fraction of sp³-hybridized carbons (Fsp3) is 0. The molecular weight excluding hydrogens is 350 g/mol. The third-order valence-electron chi connectivity index (χ3n) is 4.56. The number of anilines is 1. The molecule has 3 heterocycles. The van der Waals surface area contributed by atoms with E-state index < -0.39 is 0 Å². The van der Waals surface area contributed by atoms with Gasteiger partial charge < -0.3 is 4.98 Å². The Morgan fingerprint density at radius 1 is 0.857 bits per heavy atom. The van der Waals surface area contributed by atoms with Gasteiger partial charge in [-0.15, -0.1) is 0 Å². The molecule has 5 rings (SSSR count). The molecule has 28 heavy (non-hydrogen) atoms. The van der Waals surface area contributed by atoms with Crippen molar-refractivity contribution in [3.05, 3.63) is 84.7 Å². The van der Waals surface area contributed by atoms with Gasteiger partial charge in [0, 0.05) is 23.3 Å². The molecular formula is C22H15N5O. The number of hydrogen-bond donors (Lipinski definition) is 2. The molecule has 134 valence electrons. The average molecular weight is 365 g/mol. The molecule has 3 aromatic heterocycles. The summed E-state index contributed by atoms with van der Waals surface area (Å²) < 4.78 is 0. The summed E-state index contributed by atoms with van der Waals surface area (Å²) in [5.41, 5.74) is 4.59. The van der Waals surface area contributed by atoms with Gasteiger partial charge in [-0.25, -0.2) is 9.97 Å². The maximum atomic E-state index is 13.1. The van der Waals surface area contributed by atoms with Crippen LogP contribution in [0, 0.1) is 0 Å². The number of H-pyrrole nitrogens is 1. The maximum absolute atomic E-state index is 13.1. The predicted molar refractivity (Wildman–Crippen MR) is 109 cm³/mol. The zero-order valence-corrected chi connectivity index (χ0v) is 14.8. The summed E-state index contributed by atoms with van der Waals surface area (Å²) >= 11 is 0. The van der Waals surface area contributed by atoms with E-state index in [2.05, 4.69) is 20.3 Å². The molecule has 0 fully saturated rings. The van der Waals surface area contributed by atoms with Crippen molar-refractivity contribution in [2.75, 3.05) is 5.32 Å². The van der Waals surface area contributed by atoms with E-state index in [1.54, 1.807) is 18.5 Å². The number of carbonyl (C=O) groups is 1. The highest BCUT2D eigenvalue weighted by Gasteiger charge is 2.15. The summed E-state index contributed by atoms with van der Waals surface area (Å²) in [6.45, 7) is 0. The molecule has 0 radical (unpaired) electrons. The highest BCUT2D eigenvalue weighted by atomic mass is 16.1. The fourth-order valence-corrected chi connectivity index (χ4v) is 3.22. The molecule has 6 nitrogen and oxygen atoms in total. The van der Waals surface area contributed by atoms with E-state index in [1.807, 2.05) is 60.7 Å². The Balaban J connectivity index is 1.59. The van der Waals surface area contributed by atoms with Crippen LogP contribution in [0.15, 0.2) is 79.1 Å². The van der Waals surface area contributed by atoms with E-state index >= 15 is 0 Å². The molecule has 5 aromatic rings. The maximum Gasteiger partial charge on any atom is 0.258 e. The zero-order valence-electron chi connectivity index (χ0n) is 14.8. The number of nitrogens with zero attached hydrogens (tertiary/aromatic N) is 3. The molecule has 1 amide bonds. The number of aromatic nitrogens is 4. The highest BCUT2D eigenvalue weighted by molar-refractivity contribution is 6.12. The number of hydrogen-bond acceptors (Lipinski definition) is 4. The predicted octanol–water partition coefficient (Wildman–Crippen LogP) is 4.43. The van der Waals surface area contributed by atoms with Gasteiger partial charge in [0.1, 0.15) is 0 Å². The van der Waals surface area contributed by atoms with Gasteiger partial charge in [0.05, 0.1) is 27.8 Å². The molecule has 2 N–H and O–H groups in total. The summed E-state index contributed by atoms with van der Waals surface area (Å²) in [7, 11) is 0. The zero-order chi connectivity index (χ0) is 18.9. The van der Waals surface area contributed by atoms with Crippen molar-refractivity contribution < 1.29 is 4.79 Å². The van der Waals surface area contributed by atoms with Crippen LogP contribution < -0.4 is 5.32 Å². The van der Waals surface area contributed by atoms with Crippen molar-refractivity contribution in [3.63, 3.8) is 0 Å². The first-order valence-corrected chi connectivity index (χ1v) is 8.84. The Morgan fingerprint density at radius 2 is 1.61 bits per heavy atom. The second-order valence-electron chi connectivity index (χ2n) is 6.36. The van der Waals surface area contributed by atoms with Crippen LogP contribution in [0.4, 0.5) is 5.95 Å². The van der Waals surface area contributed by atoms with E-state index in [0.29, 0.717) is 11.5 Å². The molecule has 0 unspecified atom stereocenters. The van der Waals surface area contributed by atoms with Crippen LogP contribution in [0.2, 0.25) is 0 Å². The lowest BCUT2D eigenvalue weighted by molar-refractivity contribution is 0.102. The monoisotopic (exact) mass is 365 g/mol. The SMILES string of the molecule is O=C(Nc1nc2ccccc2[nH]1)c1cc(-c2ccncc2)nc2ccccc12. The lowest BCUT2D eigenvalue weighted by atomic mass is 10.0. The smallest absolute Gasteiger partial charge is 0.258 e. The minimum Gasteiger partial charge on any atom is -0.324 e. The second kappa shape index (κ2) is 6.59. The van der Waals surface area contributed by atoms with E-state index in [4.69, 9.17) is 4.98 Å². The van der Waals surface area contributed by atoms with Gasteiger partial charge in [-0.1, -0.05) is 30.3 Å². The molecule has 0 aliphatic heterocycles. The minimum atomic E-state index is -0.243. The number of imidazole rings is 1. The number of amides is 1. The van der Waals surface area contributed by atoms with E-state index in [-0.39, 0.29) is 5.91 Å². The van der Waals surface area contributed by atoms with Crippen molar-refractivity contribution in [2.45, 2.75) is 0 Å². The van der Waals surface area contributed by atoms with Crippen molar-refractivity contribution in [1.29, 1.82) is 0 Å². The van der Waals surface area contributed by atoms with E-state index in [1.165, 1.54) is 0 Å². The minimum absolute atomic E-state index is 0.243. The van der Waals surface area contributed by atoms with Gasteiger partial charge in [-0.3, -0.25) is 15.1 Å². The van der Waals surface area contributed by atoms with Gasteiger partial charge in [-0.05, 0) is 36.4 Å². The molecule has 0 spiro atoms. The van der Waals surface area contributed by atoms with Gasteiger partial charge in [-0.2, -0.15) is 0 Å². The Bertz CT molecular complexity index is 1280. The highest BCUT2D eigenvalue weighted by Crippen LogP contribution is 2.25. The summed E-state index contributed by atoms with van der Waals surface area (Å²) in [6, 6.07) is 20.8. The molecule has 0 bridgehead atoms. The number of para-hydroxylation sites is 3. The Hall–Kier alpha value is -4.06. The van der Waals surface area contributed by atoms with Crippen LogP contribution in [-0.2, 0) is 0 Å². The number of benzene rings is 2. The molecule has 0 aliphatic carbocycles. The fourth-order valence-electron chi connectivity index (χ4n) is 3.22. The lowest BCUT2D eigenvalue weighted by Crippen LogP contribution is -2.14. The second-order valence-corrected chi connectivity index (χ2v) is 6.36. The van der Waals surface area contributed by atoms with Crippen LogP contribution in [-0.4, -0.2) is 25.8 Å². The Kier molecular flexibility index (Phi) is 3.80. The first-order chi connectivity index (χ1) is 13.8. The first kappa shape index (κ1) is 16.1. The average Bonchev–Trinajstić information content (AvgIpc) is 3.15. The summed E-state index contributed by atoms with van der Waals surface area (Å²) in [5, 5.41) is 3.66. The third kappa shape index (κ3) is 2.87. The van der Waals surface area contributed by atoms with Crippen molar-refractivity contribution in [2.24, 2.45) is 0 Å². The standard InChI is InChI=1S/C22H15N5O/c28-21(27-22-25-18-7-3-4-8-19(18)26-22)16-13-20(14-9-11-23-12-10-14)24-17-6-2-1-5-15(16)17/h1-13H,(H2,25,26,27,28). The number of carbonyl (C=O) groups excluding carboxylic acids is 1. The summed E-state index contributed by atoms with van der Waals surface area (Å²) in [6.07, 6.45) is 3.42. The van der Waals surface area contributed by atoms with Crippen LogP contribution in [0.5, 0.6) is 0 Å². The quantitative estimate of drug-likeness (QED) is 0.495. The number of pyridine rings is 2. The van der Waals surface area contributed by atoms with Crippen LogP contribution in [0.1, 0.15) is 10.4 Å². The molecule has 2 aromatic carbocycles.